The molecule has 2 heterocycles. The molecule has 16 heavy (non-hydrogen) atoms. The Hall–Kier alpha value is -0.500. The van der Waals surface area contributed by atoms with Crippen LogP contribution in [0.15, 0.2) is 6.20 Å². The summed E-state index contributed by atoms with van der Waals surface area (Å²) >= 11 is 1.50. The number of aromatic nitrogens is 1. The number of nitrogens with one attached hydrogen (secondary N) is 1. The van der Waals surface area contributed by atoms with Crippen molar-refractivity contribution in [1.29, 1.82) is 0 Å². The van der Waals surface area contributed by atoms with Crippen LogP contribution in [-0.2, 0) is 21.3 Å². The Morgan fingerprint density at radius 2 is 2.50 bits per heavy atom. The molecule has 0 radical (unpaired) electrons. The topological polar surface area (TPSA) is 68.3 Å². The molecule has 90 valence electrons. The molecule has 1 aliphatic rings. The molecule has 1 aromatic rings. The van der Waals surface area contributed by atoms with Crippen molar-refractivity contribution in [2.24, 2.45) is 0 Å². The summed E-state index contributed by atoms with van der Waals surface area (Å²) in [6.07, 6.45) is 2.32. The van der Waals surface area contributed by atoms with Crippen LogP contribution in [-0.4, -0.2) is 31.9 Å². The lowest BCUT2D eigenvalue weighted by Crippen LogP contribution is -2.34. The Kier molecular flexibility index (Phi) is 3.58. The second-order valence-corrected chi connectivity index (χ2v) is 7.08. The highest BCUT2D eigenvalue weighted by molar-refractivity contribution is 7.90. The van der Waals surface area contributed by atoms with Gasteiger partial charge in [-0.2, -0.15) is 0 Å². The van der Waals surface area contributed by atoms with E-state index in [1.54, 1.807) is 6.20 Å². The van der Waals surface area contributed by atoms with E-state index in [0.29, 0.717) is 19.6 Å². The zero-order valence-corrected chi connectivity index (χ0v) is 10.6. The number of rotatable bonds is 4. The van der Waals surface area contributed by atoms with E-state index in [1.165, 1.54) is 11.3 Å². The lowest BCUT2D eigenvalue weighted by molar-refractivity contribution is 0.198. The first-order chi connectivity index (χ1) is 7.58. The third-order valence-corrected chi connectivity index (χ3v) is 5.13. The van der Waals surface area contributed by atoms with E-state index >= 15 is 0 Å². The maximum Gasteiger partial charge on any atom is 0.217 e. The second kappa shape index (κ2) is 4.79. The number of nitrogens with zero attached hydrogens (tertiary/aromatic N) is 1. The summed E-state index contributed by atoms with van der Waals surface area (Å²) < 4.78 is 31.2. The zero-order valence-electron chi connectivity index (χ0n) is 8.97. The number of sulfonamides is 1. The molecule has 1 aliphatic heterocycles. The van der Waals surface area contributed by atoms with Crippen LogP contribution in [0, 0.1) is 6.92 Å². The van der Waals surface area contributed by atoms with Crippen LogP contribution in [0.1, 0.15) is 16.3 Å². The van der Waals surface area contributed by atoms with Gasteiger partial charge in [-0.1, -0.05) is 0 Å². The number of hydrogen-bond donors (Lipinski definition) is 1. The molecule has 2 rings (SSSR count). The molecule has 1 N–H and O–H groups in total. The van der Waals surface area contributed by atoms with Gasteiger partial charge in [0.25, 0.3) is 0 Å². The standard InChI is InChI=1S/C9H14N2O3S2/c1-7-4-10-9(15-7)5-11-16(12,13)8-2-3-14-6-8/h4,8,11H,2-3,5-6H2,1H3. The fourth-order valence-electron chi connectivity index (χ4n) is 1.52. The minimum Gasteiger partial charge on any atom is -0.380 e. The monoisotopic (exact) mass is 262 g/mol. The third-order valence-electron chi connectivity index (χ3n) is 2.42. The van der Waals surface area contributed by atoms with Crippen LogP contribution in [0.25, 0.3) is 0 Å². The van der Waals surface area contributed by atoms with Crippen LogP contribution in [0.4, 0.5) is 0 Å². The summed E-state index contributed by atoms with van der Waals surface area (Å²) in [4.78, 5) is 5.19. The van der Waals surface area contributed by atoms with Gasteiger partial charge in [-0.25, -0.2) is 18.1 Å². The summed E-state index contributed by atoms with van der Waals surface area (Å²) in [5.41, 5.74) is 0. The molecule has 1 saturated heterocycles. The van der Waals surface area contributed by atoms with Crippen molar-refractivity contribution in [3.8, 4) is 0 Å². The van der Waals surface area contributed by atoms with Gasteiger partial charge in [0.1, 0.15) is 10.3 Å². The molecular formula is C9H14N2O3S2. The minimum atomic E-state index is -3.26. The number of thiazole rings is 1. The highest BCUT2D eigenvalue weighted by Crippen LogP contribution is 2.15. The summed E-state index contributed by atoms with van der Waals surface area (Å²) in [6, 6.07) is 0. The Balaban J connectivity index is 1.94. The molecule has 0 amide bonds. The van der Waals surface area contributed by atoms with Gasteiger partial charge < -0.3 is 4.74 Å². The molecule has 1 atom stereocenters. The summed E-state index contributed by atoms with van der Waals surface area (Å²) in [5.74, 6) is 0. The van der Waals surface area contributed by atoms with Crippen LogP contribution in [0.5, 0.6) is 0 Å². The average Bonchev–Trinajstić information content (AvgIpc) is 2.85. The van der Waals surface area contributed by atoms with Gasteiger partial charge in [0, 0.05) is 17.7 Å². The van der Waals surface area contributed by atoms with Crippen molar-refractivity contribution in [1.82, 2.24) is 9.71 Å². The maximum atomic E-state index is 11.8. The highest BCUT2D eigenvalue weighted by Gasteiger charge is 2.29. The van der Waals surface area contributed by atoms with Crippen LogP contribution >= 0.6 is 11.3 Å². The fourth-order valence-corrected chi connectivity index (χ4v) is 3.59. The summed E-state index contributed by atoms with van der Waals surface area (Å²) in [6.45, 7) is 3.05. The third kappa shape index (κ3) is 2.79. The lowest BCUT2D eigenvalue weighted by Gasteiger charge is -2.09. The van der Waals surface area contributed by atoms with Gasteiger partial charge in [0.15, 0.2) is 0 Å². The Morgan fingerprint density at radius 3 is 3.06 bits per heavy atom. The predicted octanol–water partition coefficient (Wildman–Crippen LogP) is 0.660. The molecule has 0 spiro atoms. The largest absolute Gasteiger partial charge is 0.380 e. The maximum absolute atomic E-state index is 11.8. The van der Waals surface area contributed by atoms with Gasteiger partial charge in [0.05, 0.1) is 13.2 Å². The molecule has 1 fully saturated rings. The second-order valence-electron chi connectivity index (χ2n) is 3.72. The summed E-state index contributed by atoms with van der Waals surface area (Å²) in [7, 11) is -3.26. The van der Waals surface area contributed by atoms with Crippen molar-refractivity contribution in [2.45, 2.75) is 25.1 Å². The highest BCUT2D eigenvalue weighted by atomic mass is 32.2. The first kappa shape index (κ1) is 12.0. The molecule has 7 heteroatoms. The molecule has 1 unspecified atom stereocenters. The zero-order chi connectivity index (χ0) is 11.6. The van der Waals surface area contributed by atoms with Crippen LogP contribution < -0.4 is 4.72 Å². The van der Waals surface area contributed by atoms with Crippen LogP contribution in [0.2, 0.25) is 0 Å². The lowest BCUT2D eigenvalue weighted by atomic mass is 10.4. The quantitative estimate of drug-likeness (QED) is 0.865. The Bertz CT molecular complexity index is 449. The van der Waals surface area contributed by atoms with Crippen molar-refractivity contribution in [3.05, 3.63) is 16.1 Å². The van der Waals surface area contributed by atoms with E-state index in [4.69, 9.17) is 4.74 Å². The van der Waals surface area contributed by atoms with E-state index < -0.39 is 15.3 Å². The van der Waals surface area contributed by atoms with Gasteiger partial charge in [-0.05, 0) is 13.3 Å². The van der Waals surface area contributed by atoms with Gasteiger partial charge in [-0.15, -0.1) is 11.3 Å². The number of ether oxygens (including phenoxy) is 1. The molecule has 5 nitrogen and oxygen atoms in total. The Labute approximate surface area is 98.9 Å². The normalized spacial score (nSPS) is 21.4. The molecule has 0 aliphatic carbocycles. The minimum absolute atomic E-state index is 0.275. The molecule has 0 aromatic carbocycles. The summed E-state index contributed by atoms with van der Waals surface area (Å²) in [5, 5.41) is 0.383. The first-order valence-electron chi connectivity index (χ1n) is 5.05. The van der Waals surface area contributed by atoms with Gasteiger partial charge in [0.2, 0.25) is 10.0 Å². The van der Waals surface area contributed by atoms with Crippen LogP contribution in [0.3, 0.4) is 0 Å². The molecular weight excluding hydrogens is 248 g/mol. The Morgan fingerprint density at radius 1 is 1.69 bits per heavy atom. The SMILES string of the molecule is Cc1cnc(CNS(=O)(=O)C2CCOC2)s1. The van der Waals surface area contributed by atoms with E-state index in [-0.39, 0.29) is 6.54 Å². The van der Waals surface area contributed by atoms with Gasteiger partial charge >= 0.3 is 0 Å². The molecule has 1 aromatic heterocycles. The van der Waals surface area contributed by atoms with E-state index in [2.05, 4.69) is 9.71 Å². The van der Waals surface area contributed by atoms with Crippen molar-refractivity contribution >= 4 is 21.4 Å². The van der Waals surface area contributed by atoms with Crippen molar-refractivity contribution in [3.63, 3.8) is 0 Å². The van der Waals surface area contributed by atoms with E-state index in [9.17, 15) is 8.42 Å². The van der Waals surface area contributed by atoms with Gasteiger partial charge in [-0.3, -0.25) is 0 Å². The van der Waals surface area contributed by atoms with E-state index in [1.807, 2.05) is 6.92 Å². The molecule has 0 saturated carbocycles. The smallest absolute Gasteiger partial charge is 0.217 e. The average molecular weight is 262 g/mol. The fraction of sp³-hybridized carbons (Fsp3) is 0.667. The van der Waals surface area contributed by atoms with Crippen molar-refractivity contribution in [2.75, 3.05) is 13.2 Å². The predicted molar refractivity (Wildman–Crippen MR) is 61.8 cm³/mol. The van der Waals surface area contributed by atoms with E-state index in [0.717, 1.165) is 9.88 Å². The number of aryl methyl sites for hydroxylation is 1. The molecule has 0 bridgehead atoms. The number of hydrogen-bond acceptors (Lipinski definition) is 5. The van der Waals surface area contributed by atoms with Crippen molar-refractivity contribution < 1.29 is 13.2 Å². The first-order valence-corrected chi connectivity index (χ1v) is 7.42.